The maximum Gasteiger partial charge on any atom is 0.344 e. The van der Waals surface area contributed by atoms with E-state index in [9.17, 15) is 18.8 Å². The summed E-state index contributed by atoms with van der Waals surface area (Å²) in [4.78, 5) is 36.3. The number of hydrogen-bond donors (Lipinski definition) is 2. The zero-order valence-corrected chi connectivity index (χ0v) is 18.1. The Morgan fingerprint density at radius 1 is 1.12 bits per heavy atom. The number of carbonyl (C=O) groups excluding carboxylic acids is 3. The molecule has 2 rings (SSSR count). The molecule has 2 aromatic rings. The summed E-state index contributed by atoms with van der Waals surface area (Å²) in [5.74, 6) is -1.68. The molecular formula is C23H26FN3O5. The predicted octanol–water partition coefficient (Wildman–Crippen LogP) is 2.67. The van der Waals surface area contributed by atoms with Gasteiger partial charge in [-0.3, -0.25) is 9.59 Å². The molecule has 170 valence electrons. The minimum absolute atomic E-state index is 0.213. The first kappa shape index (κ1) is 24.5. The number of carbonyl (C=O) groups is 3. The van der Waals surface area contributed by atoms with Crippen molar-refractivity contribution in [2.45, 2.75) is 26.8 Å². The van der Waals surface area contributed by atoms with Gasteiger partial charge in [-0.2, -0.15) is 5.10 Å². The summed E-state index contributed by atoms with van der Waals surface area (Å²) in [6, 6.07) is 11.0. The second-order valence-electron chi connectivity index (χ2n) is 7.10. The van der Waals surface area contributed by atoms with Crippen LogP contribution in [0.3, 0.4) is 0 Å². The van der Waals surface area contributed by atoms with E-state index in [1.54, 1.807) is 45.0 Å². The van der Waals surface area contributed by atoms with Crippen molar-refractivity contribution in [1.82, 2.24) is 10.7 Å². The van der Waals surface area contributed by atoms with Crippen LogP contribution in [0.15, 0.2) is 53.6 Å². The number of nitrogens with zero attached hydrogens (tertiary/aromatic N) is 1. The lowest BCUT2D eigenvalue weighted by Crippen LogP contribution is -2.48. The van der Waals surface area contributed by atoms with E-state index >= 15 is 0 Å². The van der Waals surface area contributed by atoms with Gasteiger partial charge < -0.3 is 14.8 Å². The molecule has 0 saturated carbocycles. The van der Waals surface area contributed by atoms with E-state index in [0.717, 1.165) is 0 Å². The number of hydrazone groups is 1. The van der Waals surface area contributed by atoms with E-state index < -0.39 is 29.6 Å². The lowest BCUT2D eigenvalue weighted by Gasteiger charge is -2.20. The van der Waals surface area contributed by atoms with Crippen molar-refractivity contribution in [2.24, 2.45) is 11.0 Å². The highest BCUT2D eigenvalue weighted by Crippen LogP contribution is 2.12. The molecule has 0 saturated heterocycles. The van der Waals surface area contributed by atoms with Gasteiger partial charge in [-0.15, -0.1) is 0 Å². The van der Waals surface area contributed by atoms with Crippen LogP contribution in [0.25, 0.3) is 0 Å². The van der Waals surface area contributed by atoms with Crippen molar-refractivity contribution < 1.29 is 28.2 Å². The molecule has 0 heterocycles. The van der Waals surface area contributed by atoms with Gasteiger partial charge in [0.15, 0.2) is 6.61 Å². The highest BCUT2D eigenvalue weighted by molar-refractivity contribution is 5.97. The molecule has 0 spiro atoms. The first-order valence-corrected chi connectivity index (χ1v) is 10.1. The maximum atomic E-state index is 13.0. The van der Waals surface area contributed by atoms with Gasteiger partial charge in [-0.05, 0) is 54.8 Å². The number of nitrogens with one attached hydrogen (secondary N) is 2. The van der Waals surface area contributed by atoms with Crippen LogP contribution >= 0.6 is 0 Å². The monoisotopic (exact) mass is 443 g/mol. The third kappa shape index (κ3) is 7.82. The smallest absolute Gasteiger partial charge is 0.344 e. The third-order valence-corrected chi connectivity index (χ3v) is 4.25. The molecular weight excluding hydrogens is 417 g/mol. The zero-order chi connectivity index (χ0) is 23.5. The van der Waals surface area contributed by atoms with E-state index in [2.05, 4.69) is 15.8 Å². The summed E-state index contributed by atoms with van der Waals surface area (Å²) in [6.07, 6.45) is 1.41. The van der Waals surface area contributed by atoms with E-state index in [-0.39, 0.29) is 24.7 Å². The molecule has 2 amide bonds. The lowest BCUT2D eigenvalue weighted by atomic mass is 10.0. The highest BCUT2D eigenvalue weighted by Gasteiger charge is 2.24. The van der Waals surface area contributed by atoms with Crippen LogP contribution < -0.4 is 15.5 Å². The molecule has 1 atom stereocenters. The lowest BCUT2D eigenvalue weighted by molar-refractivity contribution is -0.145. The van der Waals surface area contributed by atoms with Crippen molar-refractivity contribution in [3.63, 3.8) is 0 Å². The van der Waals surface area contributed by atoms with Crippen LogP contribution in [-0.2, 0) is 14.3 Å². The molecule has 2 aromatic carbocycles. The van der Waals surface area contributed by atoms with Crippen molar-refractivity contribution in [2.75, 3.05) is 13.2 Å². The van der Waals surface area contributed by atoms with Gasteiger partial charge in [-0.1, -0.05) is 26.0 Å². The third-order valence-electron chi connectivity index (χ3n) is 4.25. The number of esters is 1. The maximum absolute atomic E-state index is 13.0. The SMILES string of the molecule is CCOC(=O)COc1cccc(C=NNC(=O)C(NC(=O)c2ccc(F)cc2)C(C)C)c1. The summed E-state index contributed by atoms with van der Waals surface area (Å²) < 4.78 is 23.2. The van der Waals surface area contributed by atoms with Crippen LogP contribution in [0.2, 0.25) is 0 Å². The Morgan fingerprint density at radius 3 is 2.50 bits per heavy atom. The Labute approximate surface area is 185 Å². The van der Waals surface area contributed by atoms with Crippen LogP contribution in [0.5, 0.6) is 5.75 Å². The molecule has 0 bridgehead atoms. The van der Waals surface area contributed by atoms with Crippen LogP contribution in [0, 0.1) is 11.7 Å². The van der Waals surface area contributed by atoms with Crippen molar-refractivity contribution in [3.05, 3.63) is 65.5 Å². The number of halogens is 1. The van der Waals surface area contributed by atoms with E-state index in [1.165, 1.54) is 30.5 Å². The molecule has 2 N–H and O–H groups in total. The fraction of sp³-hybridized carbons (Fsp3) is 0.304. The fourth-order valence-corrected chi connectivity index (χ4v) is 2.63. The van der Waals surface area contributed by atoms with Gasteiger partial charge in [0.1, 0.15) is 17.6 Å². The first-order chi connectivity index (χ1) is 15.3. The first-order valence-electron chi connectivity index (χ1n) is 10.1. The molecule has 9 heteroatoms. The zero-order valence-electron chi connectivity index (χ0n) is 18.1. The molecule has 0 radical (unpaired) electrons. The topological polar surface area (TPSA) is 106 Å². The normalized spacial score (nSPS) is 11.8. The number of ether oxygens (including phenoxy) is 2. The molecule has 32 heavy (non-hydrogen) atoms. The van der Waals surface area contributed by atoms with Crippen LogP contribution in [0.4, 0.5) is 4.39 Å². The Balaban J connectivity index is 1.95. The predicted molar refractivity (Wildman–Crippen MR) is 117 cm³/mol. The van der Waals surface area contributed by atoms with Gasteiger partial charge in [0.05, 0.1) is 12.8 Å². The Hall–Kier alpha value is -3.75. The van der Waals surface area contributed by atoms with Crippen molar-refractivity contribution in [1.29, 1.82) is 0 Å². The van der Waals surface area contributed by atoms with Gasteiger partial charge >= 0.3 is 5.97 Å². The molecule has 0 aliphatic carbocycles. The molecule has 0 fully saturated rings. The largest absolute Gasteiger partial charge is 0.482 e. The number of rotatable bonds is 10. The minimum Gasteiger partial charge on any atom is -0.482 e. The van der Waals surface area contributed by atoms with Gasteiger partial charge in [-0.25, -0.2) is 14.6 Å². The highest BCUT2D eigenvalue weighted by atomic mass is 19.1. The second-order valence-corrected chi connectivity index (χ2v) is 7.10. The average Bonchev–Trinajstić information content (AvgIpc) is 2.76. The fourth-order valence-electron chi connectivity index (χ4n) is 2.63. The Bertz CT molecular complexity index is 960. The summed E-state index contributed by atoms with van der Waals surface area (Å²) >= 11 is 0. The summed E-state index contributed by atoms with van der Waals surface area (Å²) in [5, 5.41) is 6.57. The summed E-state index contributed by atoms with van der Waals surface area (Å²) in [6.45, 7) is 5.33. The standard InChI is InChI=1S/C23H26FN3O5/c1-4-31-20(28)14-32-19-7-5-6-16(12-19)13-25-27-23(30)21(15(2)3)26-22(29)17-8-10-18(24)11-9-17/h5-13,15,21H,4,14H2,1-3H3,(H,26,29)(H,27,30). The molecule has 0 aliphatic heterocycles. The van der Waals surface area contributed by atoms with Crippen molar-refractivity contribution in [3.8, 4) is 5.75 Å². The quantitative estimate of drug-likeness (QED) is 0.334. The molecule has 0 aromatic heterocycles. The van der Waals surface area contributed by atoms with Crippen LogP contribution in [0.1, 0.15) is 36.7 Å². The average molecular weight is 443 g/mol. The van der Waals surface area contributed by atoms with Gasteiger partial charge in [0, 0.05) is 5.56 Å². The second kappa shape index (κ2) is 12.2. The molecule has 1 unspecified atom stereocenters. The van der Waals surface area contributed by atoms with E-state index in [4.69, 9.17) is 9.47 Å². The number of amides is 2. The molecule has 8 nitrogen and oxygen atoms in total. The minimum atomic E-state index is -0.844. The number of hydrogen-bond acceptors (Lipinski definition) is 6. The summed E-state index contributed by atoms with van der Waals surface area (Å²) in [7, 11) is 0. The van der Waals surface area contributed by atoms with E-state index in [0.29, 0.717) is 11.3 Å². The van der Waals surface area contributed by atoms with Gasteiger partial charge in [0.25, 0.3) is 11.8 Å². The Morgan fingerprint density at radius 2 is 1.84 bits per heavy atom. The molecule has 0 aliphatic rings. The van der Waals surface area contributed by atoms with Crippen molar-refractivity contribution >= 4 is 24.0 Å². The van der Waals surface area contributed by atoms with Gasteiger partial charge in [0.2, 0.25) is 0 Å². The Kier molecular flexibility index (Phi) is 9.34. The summed E-state index contributed by atoms with van der Waals surface area (Å²) in [5.41, 5.74) is 3.28. The number of benzene rings is 2. The van der Waals surface area contributed by atoms with E-state index in [1.807, 2.05) is 0 Å². The van der Waals surface area contributed by atoms with Crippen LogP contribution in [-0.4, -0.2) is 43.3 Å².